The zero-order valence-corrected chi connectivity index (χ0v) is 16.3. The van der Waals surface area contributed by atoms with Crippen molar-refractivity contribution in [3.63, 3.8) is 0 Å². The van der Waals surface area contributed by atoms with Crippen LogP contribution in [0.15, 0.2) is 54.6 Å². The maximum atomic E-state index is 7.55. The Balaban J connectivity index is 0.00000169. The molecule has 2 heteroatoms. The molecule has 0 spiro atoms. The maximum Gasteiger partial charge on any atom is 0 e. The molecule has 1 nitrogen and oxygen atoms in total. The van der Waals surface area contributed by atoms with Gasteiger partial charge in [-0.1, -0.05) is 60.7 Å². The van der Waals surface area contributed by atoms with Crippen molar-refractivity contribution in [1.82, 2.24) is 0 Å². The van der Waals surface area contributed by atoms with Gasteiger partial charge in [-0.2, -0.15) is 0 Å². The van der Waals surface area contributed by atoms with Crippen LogP contribution in [0.4, 0.5) is 0 Å². The molecule has 0 heterocycles. The SMILES string of the molecule is [NH-]CCC1=C/C(=C\c2cccc3c2CCC=C3)c2ccccc21.[Re]. The first kappa shape index (κ1) is 17.1. The van der Waals surface area contributed by atoms with Crippen LogP contribution in [0.3, 0.4) is 0 Å². The van der Waals surface area contributed by atoms with Gasteiger partial charge in [0.05, 0.1) is 0 Å². The van der Waals surface area contributed by atoms with Crippen molar-refractivity contribution in [3.8, 4) is 0 Å². The molecule has 121 valence electrons. The predicted molar refractivity (Wildman–Crippen MR) is 99.9 cm³/mol. The number of benzene rings is 2. The Morgan fingerprint density at radius 3 is 2.67 bits per heavy atom. The van der Waals surface area contributed by atoms with Gasteiger partial charge in [-0.15, -0.1) is 6.54 Å². The quantitative estimate of drug-likeness (QED) is 0.509. The molecule has 4 rings (SSSR count). The second-order valence-electron chi connectivity index (χ2n) is 6.17. The first-order valence-electron chi connectivity index (χ1n) is 8.32. The van der Waals surface area contributed by atoms with Gasteiger partial charge < -0.3 is 5.73 Å². The van der Waals surface area contributed by atoms with Gasteiger partial charge in [0.2, 0.25) is 0 Å². The molecular weight excluding hydrogens is 464 g/mol. The average Bonchev–Trinajstić information content (AvgIpc) is 2.94. The summed E-state index contributed by atoms with van der Waals surface area (Å²) in [7, 11) is 0. The first-order chi connectivity index (χ1) is 11.4. The minimum atomic E-state index is 0. The van der Waals surface area contributed by atoms with E-state index < -0.39 is 0 Å². The molecule has 2 aliphatic carbocycles. The van der Waals surface area contributed by atoms with E-state index in [4.69, 9.17) is 5.73 Å². The normalized spacial score (nSPS) is 16.4. The summed E-state index contributed by atoms with van der Waals surface area (Å²) in [5, 5.41) is 0. The van der Waals surface area contributed by atoms with Gasteiger partial charge in [0.25, 0.3) is 0 Å². The summed E-state index contributed by atoms with van der Waals surface area (Å²) < 4.78 is 0. The Morgan fingerprint density at radius 1 is 1.00 bits per heavy atom. The Morgan fingerprint density at radius 2 is 1.83 bits per heavy atom. The molecule has 2 aromatic rings. The van der Waals surface area contributed by atoms with Crippen LogP contribution < -0.4 is 0 Å². The Kier molecular flexibility index (Phi) is 5.31. The summed E-state index contributed by atoms with van der Waals surface area (Å²) in [6.45, 7) is 0.443. The molecule has 0 aliphatic heterocycles. The van der Waals surface area contributed by atoms with Crippen molar-refractivity contribution >= 4 is 23.3 Å². The summed E-state index contributed by atoms with van der Waals surface area (Å²) in [6.07, 6.45) is 12.2. The third kappa shape index (κ3) is 3.10. The zero-order valence-electron chi connectivity index (χ0n) is 13.6. The molecule has 1 radical (unpaired) electrons. The van der Waals surface area contributed by atoms with Crippen molar-refractivity contribution in [2.24, 2.45) is 0 Å². The number of nitrogens with one attached hydrogen (secondary N) is 1. The standard InChI is InChI=1S/C22H20N.Re/c23-13-12-18-15-19(22-11-4-3-10-21(18)22)14-17-8-5-7-16-6-1-2-9-20(16)17;/h1,3-8,10-11,14-15,23H,2,9,12-13H2;/q-1;/b19-14+;. The van der Waals surface area contributed by atoms with Gasteiger partial charge in [0, 0.05) is 20.4 Å². The summed E-state index contributed by atoms with van der Waals surface area (Å²) in [5.74, 6) is 0. The molecule has 0 unspecified atom stereocenters. The first-order valence-corrected chi connectivity index (χ1v) is 8.32. The topological polar surface area (TPSA) is 23.8 Å². The van der Waals surface area contributed by atoms with Crippen molar-refractivity contribution in [3.05, 3.63) is 88.2 Å². The van der Waals surface area contributed by atoms with Gasteiger partial charge in [-0.05, 0) is 64.3 Å². The molecule has 0 amide bonds. The fourth-order valence-electron chi connectivity index (χ4n) is 3.63. The van der Waals surface area contributed by atoms with Crippen molar-refractivity contribution in [1.29, 1.82) is 0 Å². The van der Waals surface area contributed by atoms with Crippen molar-refractivity contribution in [2.75, 3.05) is 6.54 Å². The summed E-state index contributed by atoms with van der Waals surface area (Å²) in [5.41, 5.74) is 16.9. The van der Waals surface area contributed by atoms with E-state index in [1.165, 1.54) is 39.0 Å². The number of hydrogen-bond donors (Lipinski definition) is 0. The van der Waals surface area contributed by atoms with E-state index in [1.54, 1.807) is 0 Å². The van der Waals surface area contributed by atoms with Crippen LogP contribution in [0, 0.1) is 0 Å². The summed E-state index contributed by atoms with van der Waals surface area (Å²) >= 11 is 0. The Labute approximate surface area is 157 Å². The fourth-order valence-corrected chi connectivity index (χ4v) is 3.63. The number of fused-ring (bicyclic) bond motifs is 2. The maximum absolute atomic E-state index is 7.55. The molecule has 0 saturated heterocycles. The van der Waals surface area contributed by atoms with Crippen LogP contribution in [0.2, 0.25) is 0 Å². The number of hydrogen-bond acceptors (Lipinski definition) is 0. The number of allylic oxidation sites excluding steroid dienone is 3. The van der Waals surface area contributed by atoms with E-state index in [-0.39, 0.29) is 20.4 Å². The van der Waals surface area contributed by atoms with E-state index in [2.05, 4.69) is 66.8 Å². The zero-order chi connectivity index (χ0) is 15.6. The minimum absolute atomic E-state index is 0. The van der Waals surface area contributed by atoms with Crippen LogP contribution in [0.5, 0.6) is 0 Å². The van der Waals surface area contributed by atoms with Gasteiger partial charge in [-0.25, -0.2) is 0 Å². The molecule has 0 saturated carbocycles. The largest absolute Gasteiger partial charge is 0.677 e. The molecular formula is C22H20NRe-. The summed E-state index contributed by atoms with van der Waals surface area (Å²) in [4.78, 5) is 0. The van der Waals surface area contributed by atoms with Crippen molar-refractivity contribution in [2.45, 2.75) is 19.3 Å². The van der Waals surface area contributed by atoms with Gasteiger partial charge in [0.1, 0.15) is 0 Å². The van der Waals surface area contributed by atoms with Crippen LogP contribution in [-0.4, -0.2) is 6.54 Å². The van der Waals surface area contributed by atoms with Crippen LogP contribution in [0.1, 0.15) is 40.7 Å². The minimum Gasteiger partial charge on any atom is -0.677 e. The van der Waals surface area contributed by atoms with Gasteiger partial charge in [-0.3, -0.25) is 0 Å². The van der Waals surface area contributed by atoms with E-state index in [0.717, 1.165) is 19.3 Å². The second kappa shape index (κ2) is 7.45. The molecule has 2 aliphatic rings. The smallest absolute Gasteiger partial charge is 0 e. The molecule has 24 heavy (non-hydrogen) atoms. The van der Waals surface area contributed by atoms with Gasteiger partial charge in [0.15, 0.2) is 0 Å². The van der Waals surface area contributed by atoms with Gasteiger partial charge >= 0.3 is 0 Å². The Bertz CT molecular complexity index is 843. The fraction of sp³-hybridized carbons (Fsp3) is 0.182. The molecule has 0 fully saturated rings. The van der Waals surface area contributed by atoms with Crippen LogP contribution in [0.25, 0.3) is 29.0 Å². The monoisotopic (exact) mass is 485 g/mol. The molecule has 2 aromatic carbocycles. The Hall–Kier alpha value is -1.72. The van der Waals surface area contributed by atoms with Crippen molar-refractivity contribution < 1.29 is 20.4 Å². The molecule has 0 bridgehead atoms. The molecule has 0 atom stereocenters. The second-order valence-corrected chi connectivity index (χ2v) is 6.17. The third-order valence-corrected chi connectivity index (χ3v) is 4.73. The molecule has 0 aromatic heterocycles. The average molecular weight is 485 g/mol. The van der Waals surface area contributed by atoms with E-state index in [0.29, 0.717) is 6.54 Å². The van der Waals surface area contributed by atoms with E-state index in [9.17, 15) is 0 Å². The van der Waals surface area contributed by atoms with E-state index >= 15 is 0 Å². The molecule has 1 N–H and O–H groups in total. The number of rotatable bonds is 3. The van der Waals surface area contributed by atoms with Crippen LogP contribution in [-0.2, 0) is 26.8 Å². The predicted octanol–water partition coefficient (Wildman–Crippen LogP) is 6.02. The van der Waals surface area contributed by atoms with E-state index in [1.807, 2.05) is 0 Å². The third-order valence-electron chi connectivity index (χ3n) is 4.73. The summed E-state index contributed by atoms with van der Waals surface area (Å²) in [6, 6.07) is 15.2. The van der Waals surface area contributed by atoms with Crippen LogP contribution >= 0.6 is 0 Å².